The first-order valence-corrected chi connectivity index (χ1v) is 9.04. The number of urea groups is 1. The predicted octanol–water partition coefficient (Wildman–Crippen LogP) is 2.51. The second-order valence-corrected chi connectivity index (χ2v) is 6.60. The van der Waals surface area contributed by atoms with Crippen molar-refractivity contribution in [3.63, 3.8) is 0 Å². The monoisotopic (exact) mass is 365 g/mol. The summed E-state index contributed by atoms with van der Waals surface area (Å²) in [6.45, 7) is 5.85. The summed E-state index contributed by atoms with van der Waals surface area (Å²) in [5.41, 5.74) is 0.890. The highest BCUT2D eigenvalue weighted by atomic mass is 16.5. The number of benzene rings is 1. The largest absolute Gasteiger partial charge is 0.493 e. The van der Waals surface area contributed by atoms with Gasteiger partial charge in [0.05, 0.1) is 27.4 Å². The van der Waals surface area contributed by atoms with Crippen LogP contribution < -0.4 is 19.5 Å². The van der Waals surface area contributed by atoms with E-state index in [2.05, 4.69) is 10.2 Å². The van der Waals surface area contributed by atoms with E-state index in [1.807, 2.05) is 26.1 Å². The summed E-state index contributed by atoms with van der Waals surface area (Å²) in [6.07, 6.45) is 2.52. The molecule has 1 saturated heterocycles. The number of carbonyl (C=O) groups is 1. The van der Waals surface area contributed by atoms with E-state index in [0.717, 1.165) is 25.2 Å². The van der Waals surface area contributed by atoms with E-state index < -0.39 is 0 Å². The van der Waals surface area contributed by atoms with Crippen molar-refractivity contribution in [2.45, 2.75) is 25.8 Å². The molecule has 146 valence electrons. The first-order chi connectivity index (χ1) is 12.5. The average Bonchev–Trinajstić information content (AvgIpc) is 3.18. The van der Waals surface area contributed by atoms with Crippen molar-refractivity contribution in [1.82, 2.24) is 15.1 Å². The van der Waals surface area contributed by atoms with Crippen LogP contribution in [-0.2, 0) is 0 Å². The van der Waals surface area contributed by atoms with E-state index in [1.165, 1.54) is 12.8 Å². The number of methoxy groups -OCH3 is 3. The molecule has 26 heavy (non-hydrogen) atoms. The van der Waals surface area contributed by atoms with Crippen molar-refractivity contribution >= 4 is 6.03 Å². The van der Waals surface area contributed by atoms with Gasteiger partial charge < -0.3 is 29.3 Å². The summed E-state index contributed by atoms with van der Waals surface area (Å²) in [6, 6.07) is 3.43. The van der Waals surface area contributed by atoms with Gasteiger partial charge in [0.25, 0.3) is 0 Å². The maximum absolute atomic E-state index is 12.5. The fourth-order valence-corrected chi connectivity index (χ4v) is 3.13. The van der Waals surface area contributed by atoms with Crippen molar-refractivity contribution in [2.75, 3.05) is 54.6 Å². The zero-order valence-electron chi connectivity index (χ0n) is 16.5. The lowest BCUT2D eigenvalue weighted by atomic mass is 10.1. The van der Waals surface area contributed by atoms with Crippen LogP contribution in [0, 0.1) is 0 Å². The van der Waals surface area contributed by atoms with E-state index in [-0.39, 0.29) is 12.1 Å². The molecule has 1 atom stereocenters. The highest BCUT2D eigenvalue weighted by Gasteiger charge is 2.19. The molecule has 1 fully saturated rings. The Hall–Kier alpha value is -2.15. The van der Waals surface area contributed by atoms with Gasteiger partial charge in [0.15, 0.2) is 11.5 Å². The van der Waals surface area contributed by atoms with E-state index >= 15 is 0 Å². The SMILES string of the molecule is COc1cc(C(C)NC(=O)N(C)CCN2CCCC2)cc(OC)c1OC. The van der Waals surface area contributed by atoms with Crippen molar-refractivity contribution in [1.29, 1.82) is 0 Å². The Bertz CT molecular complexity index is 577. The Labute approximate surface area is 156 Å². The zero-order chi connectivity index (χ0) is 19.1. The summed E-state index contributed by atoms with van der Waals surface area (Å²) in [5, 5.41) is 3.03. The average molecular weight is 365 g/mol. The van der Waals surface area contributed by atoms with Crippen LogP contribution in [0.1, 0.15) is 31.4 Å². The van der Waals surface area contributed by atoms with E-state index in [0.29, 0.717) is 23.8 Å². The van der Waals surface area contributed by atoms with Crippen LogP contribution in [0.2, 0.25) is 0 Å². The number of likely N-dealkylation sites (tertiary alicyclic amines) is 1. The molecular formula is C19H31N3O4. The fraction of sp³-hybridized carbons (Fsp3) is 0.632. The summed E-state index contributed by atoms with van der Waals surface area (Å²) >= 11 is 0. The minimum atomic E-state index is -0.189. The maximum Gasteiger partial charge on any atom is 0.317 e. The minimum absolute atomic E-state index is 0.0922. The number of nitrogens with zero attached hydrogens (tertiary/aromatic N) is 2. The molecule has 0 saturated carbocycles. The van der Waals surface area contributed by atoms with Gasteiger partial charge in [0, 0.05) is 20.1 Å². The molecule has 2 amide bonds. The molecule has 2 rings (SSSR count). The van der Waals surface area contributed by atoms with Crippen molar-refractivity contribution in [3.05, 3.63) is 17.7 Å². The van der Waals surface area contributed by atoms with Gasteiger partial charge in [0.1, 0.15) is 0 Å². The third-order valence-corrected chi connectivity index (χ3v) is 4.82. The summed E-state index contributed by atoms with van der Waals surface area (Å²) in [7, 11) is 6.56. The molecule has 0 bridgehead atoms. The minimum Gasteiger partial charge on any atom is -0.493 e. The second-order valence-electron chi connectivity index (χ2n) is 6.60. The van der Waals surface area contributed by atoms with Crippen molar-refractivity contribution < 1.29 is 19.0 Å². The molecule has 1 aromatic rings. The van der Waals surface area contributed by atoms with Crippen LogP contribution in [0.3, 0.4) is 0 Å². The Kier molecular flexibility index (Phi) is 7.38. The molecule has 1 heterocycles. The third kappa shape index (κ3) is 4.94. The smallest absolute Gasteiger partial charge is 0.317 e. The van der Waals surface area contributed by atoms with Gasteiger partial charge in [-0.3, -0.25) is 0 Å². The molecule has 1 aliphatic heterocycles. The lowest BCUT2D eigenvalue weighted by molar-refractivity contribution is 0.197. The van der Waals surface area contributed by atoms with Crippen molar-refractivity contribution in [3.8, 4) is 17.2 Å². The number of rotatable bonds is 8. The van der Waals surface area contributed by atoms with Crippen LogP contribution >= 0.6 is 0 Å². The highest BCUT2D eigenvalue weighted by molar-refractivity contribution is 5.74. The molecule has 7 nitrogen and oxygen atoms in total. The van der Waals surface area contributed by atoms with E-state index in [4.69, 9.17) is 14.2 Å². The fourth-order valence-electron chi connectivity index (χ4n) is 3.13. The molecule has 0 radical (unpaired) electrons. The number of ether oxygens (including phenoxy) is 3. The quantitative estimate of drug-likeness (QED) is 0.767. The van der Waals surface area contributed by atoms with E-state index in [1.54, 1.807) is 26.2 Å². The molecule has 1 aromatic carbocycles. The maximum atomic E-state index is 12.5. The van der Waals surface area contributed by atoms with Gasteiger partial charge >= 0.3 is 6.03 Å². The molecule has 0 aliphatic carbocycles. The number of hydrogen-bond acceptors (Lipinski definition) is 5. The Morgan fingerprint density at radius 3 is 2.23 bits per heavy atom. The molecule has 0 spiro atoms. The van der Waals surface area contributed by atoms with Crippen LogP contribution in [0.15, 0.2) is 12.1 Å². The van der Waals surface area contributed by atoms with Crippen LogP contribution in [0.5, 0.6) is 17.2 Å². The Morgan fingerprint density at radius 1 is 1.15 bits per heavy atom. The number of amides is 2. The summed E-state index contributed by atoms with van der Waals surface area (Å²) in [5.74, 6) is 1.69. The summed E-state index contributed by atoms with van der Waals surface area (Å²) in [4.78, 5) is 16.6. The van der Waals surface area contributed by atoms with Gasteiger partial charge in [-0.1, -0.05) is 0 Å². The number of carbonyl (C=O) groups excluding carboxylic acids is 1. The first-order valence-electron chi connectivity index (χ1n) is 9.04. The lowest BCUT2D eigenvalue weighted by Crippen LogP contribution is -2.42. The number of nitrogens with one attached hydrogen (secondary N) is 1. The standard InChI is InChI=1S/C19H31N3O4/c1-14(15-12-16(24-3)18(26-5)17(13-15)25-4)20-19(23)21(2)10-11-22-8-6-7-9-22/h12-14H,6-11H2,1-5H3,(H,20,23). The molecule has 7 heteroatoms. The Balaban J connectivity index is 1.99. The van der Waals surface area contributed by atoms with Crippen molar-refractivity contribution in [2.24, 2.45) is 0 Å². The van der Waals surface area contributed by atoms with E-state index in [9.17, 15) is 4.79 Å². The zero-order valence-corrected chi connectivity index (χ0v) is 16.5. The van der Waals surface area contributed by atoms with Crippen LogP contribution in [0.25, 0.3) is 0 Å². The topological polar surface area (TPSA) is 63.3 Å². The predicted molar refractivity (Wildman–Crippen MR) is 101 cm³/mol. The Morgan fingerprint density at radius 2 is 1.73 bits per heavy atom. The third-order valence-electron chi connectivity index (χ3n) is 4.82. The highest BCUT2D eigenvalue weighted by Crippen LogP contribution is 2.39. The molecular weight excluding hydrogens is 334 g/mol. The first kappa shape index (κ1) is 20.2. The van der Waals surface area contributed by atoms with Gasteiger partial charge in [-0.15, -0.1) is 0 Å². The van der Waals surface area contributed by atoms with Gasteiger partial charge in [-0.2, -0.15) is 0 Å². The van der Waals surface area contributed by atoms with Gasteiger partial charge in [-0.05, 0) is 50.6 Å². The number of hydrogen-bond donors (Lipinski definition) is 1. The van der Waals surface area contributed by atoms with Gasteiger partial charge in [0.2, 0.25) is 5.75 Å². The molecule has 1 N–H and O–H groups in total. The van der Waals surface area contributed by atoms with Gasteiger partial charge in [-0.25, -0.2) is 4.79 Å². The van der Waals surface area contributed by atoms with Crippen LogP contribution in [-0.4, -0.2) is 70.4 Å². The molecule has 1 aliphatic rings. The molecule has 0 aromatic heterocycles. The second kappa shape index (κ2) is 9.52. The number of likely N-dealkylation sites (N-methyl/N-ethyl adjacent to an activating group) is 1. The van der Waals surface area contributed by atoms with Crippen LogP contribution in [0.4, 0.5) is 4.79 Å². The summed E-state index contributed by atoms with van der Waals surface area (Å²) < 4.78 is 16.1. The molecule has 1 unspecified atom stereocenters. The normalized spacial score (nSPS) is 15.4. The lowest BCUT2D eigenvalue weighted by Gasteiger charge is -2.24.